The molecule has 6 rings (SSSR count). The molecule has 0 amide bonds. The molecule has 0 bridgehead atoms. The normalized spacial score (nSPS) is 14.3. The summed E-state index contributed by atoms with van der Waals surface area (Å²) in [5, 5.41) is 16.0. The Morgan fingerprint density at radius 2 is 1.57 bits per heavy atom. The predicted molar refractivity (Wildman–Crippen MR) is 165 cm³/mol. The van der Waals surface area contributed by atoms with Crippen molar-refractivity contribution >= 4 is 57.1 Å². The number of aliphatic hydroxyl groups excluding tert-OH is 1. The van der Waals surface area contributed by atoms with Gasteiger partial charge in [-0.25, -0.2) is 0 Å². The second-order valence-electron chi connectivity index (χ2n) is 13.0. The Labute approximate surface area is 250 Å². The number of furan rings is 1. The van der Waals surface area contributed by atoms with Crippen molar-refractivity contribution in [2.24, 2.45) is 10.8 Å². The monoisotopic (exact) mass is 727 g/mol. The number of hydrogen-bond donors (Lipinski definition) is 1. The van der Waals surface area contributed by atoms with E-state index >= 15 is 0 Å². The van der Waals surface area contributed by atoms with Gasteiger partial charge >= 0.3 is 0 Å². The zero-order valence-corrected chi connectivity index (χ0v) is 27.8. The first kappa shape index (κ1) is 29.9. The van der Waals surface area contributed by atoms with Crippen molar-refractivity contribution in [1.82, 2.24) is 4.98 Å². The summed E-state index contributed by atoms with van der Waals surface area (Å²) >= 11 is 0. The number of aromatic nitrogens is 1. The summed E-state index contributed by atoms with van der Waals surface area (Å²) in [5.41, 5.74) is 4.31. The van der Waals surface area contributed by atoms with Crippen LogP contribution >= 0.6 is 0 Å². The van der Waals surface area contributed by atoms with Crippen LogP contribution in [-0.4, -0.2) is 23.9 Å². The van der Waals surface area contributed by atoms with Crippen LogP contribution in [0.5, 0.6) is 0 Å². The van der Waals surface area contributed by atoms with E-state index in [9.17, 15) is 9.90 Å². The van der Waals surface area contributed by atoms with E-state index in [1.165, 1.54) is 32.6 Å². The van der Waals surface area contributed by atoms with E-state index in [4.69, 9.17) is 9.40 Å². The maximum Gasteiger partial charge on any atom is 0.164 e. The van der Waals surface area contributed by atoms with E-state index in [0.29, 0.717) is 0 Å². The number of nitrogens with zero attached hydrogens (tertiary/aromatic N) is 1. The number of aliphatic hydroxyl groups is 1. The molecular weight excluding hydrogens is 691 g/mol. The first-order chi connectivity index (χ1) is 18.2. The average molecular weight is 727 g/mol. The molecule has 4 nitrogen and oxygen atoms in total. The Morgan fingerprint density at radius 1 is 0.900 bits per heavy atom. The molecule has 40 heavy (non-hydrogen) atoms. The van der Waals surface area contributed by atoms with Gasteiger partial charge in [0.15, 0.2) is 5.78 Å². The van der Waals surface area contributed by atoms with Crippen LogP contribution in [0.3, 0.4) is 0 Å². The third kappa shape index (κ3) is 5.21. The topological polar surface area (TPSA) is 63.3 Å². The molecule has 2 aromatic heterocycles. The van der Waals surface area contributed by atoms with Crippen molar-refractivity contribution in [1.29, 1.82) is 0 Å². The van der Waals surface area contributed by atoms with Crippen LogP contribution in [0.15, 0.2) is 76.9 Å². The van der Waals surface area contributed by atoms with E-state index in [0.717, 1.165) is 27.9 Å². The molecule has 1 radical (unpaired) electrons. The molecule has 0 spiro atoms. The van der Waals surface area contributed by atoms with Crippen LogP contribution in [0.1, 0.15) is 41.5 Å². The van der Waals surface area contributed by atoms with E-state index in [-0.39, 0.29) is 37.1 Å². The maximum absolute atomic E-state index is 11.5. The van der Waals surface area contributed by atoms with Crippen LogP contribution in [0, 0.1) is 16.9 Å². The maximum atomic E-state index is 11.5. The minimum Gasteiger partial charge on any atom is -0.512 e. The molecule has 0 aliphatic carbocycles. The van der Waals surface area contributed by atoms with Crippen LogP contribution in [0.2, 0.25) is 13.1 Å². The smallest absolute Gasteiger partial charge is 0.164 e. The van der Waals surface area contributed by atoms with Gasteiger partial charge in [-0.3, -0.25) is 9.78 Å². The summed E-state index contributed by atoms with van der Waals surface area (Å²) in [5.74, 6) is 0.104. The van der Waals surface area contributed by atoms with Gasteiger partial charge in [-0.1, -0.05) is 113 Å². The first-order valence-electron chi connectivity index (χ1n) is 13.4. The van der Waals surface area contributed by atoms with Crippen LogP contribution in [0.25, 0.3) is 44.1 Å². The number of carbonyl (C=O) groups is 1. The summed E-state index contributed by atoms with van der Waals surface area (Å²) in [6.07, 6.45) is 1.33. The number of allylic oxidation sites excluding steroid dienone is 2. The van der Waals surface area contributed by atoms with Crippen LogP contribution < -0.4 is 10.4 Å². The summed E-state index contributed by atoms with van der Waals surface area (Å²) in [4.78, 5) is 16.6. The standard InChI is InChI=1S/C23H16NOSi.C11H20O2.Ir/c1-26(2)19-12-6-11-18-22(19)21-15(8-5-10-17(21)25-18)23-20(26)13-14-7-3-4-9-16(14)24-23;1-10(2,3)8(12)7-9(13)11(4,5)6;/h3-7,9-13H,1-2H3;7,12H,1-6H3;/q-1;;/b;8-7-;. The minimum absolute atomic E-state index is 0. The summed E-state index contributed by atoms with van der Waals surface area (Å²) in [7, 11) is -1.96. The number of hydrogen-bond acceptors (Lipinski definition) is 4. The fourth-order valence-electron chi connectivity index (χ4n) is 5.00. The van der Waals surface area contributed by atoms with Crippen LogP contribution in [-0.2, 0) is 24.9 Å². The fraction of sp³-hybridized carbons (Fsp3) is 0.294. The molecule has 0 atom stereocenters. The van der Waals surface area contributed by atoms with Gasteiger partial charge < -0.3 is 9.52 Å². The quantitative estimate of drug-likeness (QED) is 0.0829. The van der Waals surface area contributed by atoms with Crippen molar-refractivity contribution in [3.8, 4) is 11.3 Å². The van der Waals surface area contributed by atoms with Gasteiger partial charge in [-0.05, 0) is 28.6 Å². The van der Waals surface area contributed by atoms with E-state index in [1.807, 2.05) is 53.7 Å². The molecular formula is C34H36IrNO3Si-. The Hall–Kier alpha value is -3.05. The third-order valence-corrected chi connectivity index (χ3v) is 11.0. The fourth-order valence-corrected chi connectivity index (χ4v) is 7.96. The SMILES string of the molecule is CC(C)(C)C(=O)/C=C(\O)C(C)(C)C.C[Si]1(C)c2cc3ccccc3nc2-c2[c-]ccc3oc4cccc1c4c23.[Ir]. The molecule has 209 valence electrons. The van der Waals surface area contributed by atoms with E-state index < -0.39 is 13.5 Å². The zero-order valence-electron chi connectivity index (χ0n) is 24.4. The largest absolute Gasteiger partial charge is 0.512 e. The number of pyridine rings is 1. The third-order valence-electron chi connectivity index (χ3n) is 7.54. The molecule has 0 saturated carbocycles. The van der Waals surface area contributed by atoms with Gasteiger partial charge in [0.2, 0.25) is 0 Å². The first-order valence-corrected chi connectivity index (χ1v) is 16.4. The molecule has 1 aliphatic rings. The number of benzene rings is 3. The Bertz CT molecular complexity index is 1780. The molecule has 0 unspecified atom stereocenters. The Kier molecular flexibility index (Phi) is 7.78. The number of para-hydroxylation sites is 1. The molecule has 1 aliphatic heterocycles. The summed E-state index contributed by atoms with van der Waals surface area (Å²) in [6, 6.07) is 24.7. The molecule has 1 N–H and O–H groups in total. The van der Waals surface area contributed by atoms with Gasteiger partial charge in [-0.2, -0.15) is 0 Å². The number of rotatable bonds is 1. The Balaban J connectivity index is 0.000000229. The van der Waals surface area contributed by atoms with Crippen molar-refractivity contribution in [2.45, 2.75) is 54.6 Å². The summed E-state index contributed by atoms with van der Waals surface area (Å²) < 4.78 is 6.18. The molecule has 6 heteroatoms. The molecule has 3 heterocycles. The van der Waals surface area contributed by atoms with E-state index in [1.54, 1.807) is 0 Å². The van der Waals surface area contributed by atoms with Crippen molar-refractivity contribution in [3.05, 3.63) is 78.6 Å². The molecule has 3 aromatic carbocycles. The van der Waals surface area contributed by atoms with Gasteiger partial charge in [0.25, 0.3) is 0 Å². The van der Waals surface area contributed by atoms with Gasteiger partial charge in [0, 0.05) is 37.0 Å². The molecule has 5 aromatic rings. The molecule has 0 saturated heterocycles. The van der Waals surface area contributed by atoms with Gasteiger partial charge in [0.05, 0.1) is 11.1 Å². The summed E-state index contributed by atoms with van der Waals surface area (Å²) in [6.45, 7) is 16.0. The van der Waals surface area contributed by atoms with Gasteiger partial charge in [0.1, 0.15) is 19.4 Å². The van der Waals surface area contributed by atoms with Crippen molar-refractivity contribution in [3.63, 3.8) is 0 Å². The Morgan fingerprint density at radius 3 is 2.25 bits per heavy atom. The van der Waals surface area contributed by atoms with Crippen LogP contribution in [0.4, 0.5) is 0 Å². The zero-order chi connectivity index (χ0) is 28.3. The molecule has 0 fully saturated rings. The number of ketones is 1. The van der Waals surface area contributed by atoms with Gasteiger partial charge in [-0.15, -0.1) is 17.7 Å². The predicted octanol–water partition coefficient (Wildman–Crippen LogP) is 7.82. The second kappa shape index (κ2) is 10.4. The number of carbonyl (C=O) groups excluding carboxylic acids is 1. The van der Waals surface area contributed by atoms with Crippen molar-refractivity contribution < 1.29 is 34.4 Å². The van der Waals surface area contributed by atoms with E-state index in [2.05, 4.69) is 67.7 Å². The minimum atomic E-state index is -1.96. The average Bonchev–Trinajstić information content (AvgIpc) is 3.22. The van der Waals surface area contributed by atoms with Crippen molar-refractivity contribution in [2.75, 3.05) is 0 Å². The number of fused-ring (bicyclic) bond motifs is 3. The second-order valence-corrected chi connectivity index (χ2v) is 17.3.